The maximum absolute atomic E-state index is 11.8. The summed E-state index contributed by atoms with van der Waals surface area (Å²) in [5.74, 6) is 0.000291. The molecule has 2 aromatic heterocycles. The van der Waals surface area contributed by atoms with E-state index in [1.54, 1.807) is 7.05 Å². The van der Waals surface area contributed by atoms with Crippen molar-refractivity contribution in [1.29, 1.82) is 0 Å². The van der Waals surface area contributed by atoms with Crippen LogP contribution in [0.15, 0.2) is 23.3 Å². The highest BCUT2D eigenvalue weighted by Gasteiger charge is 2.12. The molecule has 8 heteroatoms. The van der Waals surface area contributed by atoms with Gasteiger partial charge in [-0.3, -0.25) is 15.2 Å². The molecule has 0 aliphatic heterocycles. The quantitative estimate of drug-likeness (QED) is 0.765. The number of amides is 2. The van der Waals surface area contributed by atoms with E-state index >= 15 is 0 Å². The van der Waals surface area contributed by atoms with Crippen molar-refractivity contribution >= 4 is 11.8 Å². The molecule has 0 spiro atoms. The number of carbonyl (C=O) groups excluding carboxylic acids is 1. The Morgan fingerprint density at radius 1 is 1.52 bits per heavy atom. The fourth-order valence-corrected chi connectivity index (χ4v) is 1.89. The molecule has 2 aromatic rings. The molecule has 3 N–H and O–H groups in total. The number of aromatic nitrogens is 4. The minimum absolute atomic E-state index is 0.000291. The predicted octanol–water partition coefficient (Wildman–Crippen LogP) is 0.565. The van der Waals surface area contributed by atoms with Crippen LogP contribution in [-0.2, 0) is 13.5 Å². The predicted molar refractivity (Wildman–Crippen MR) is 78.1 cm³/mol. The highest BCUT2D eigenvalue weighted by molar-refractivity contribution is 5.88. The van der Waals surface area contributed by atoms with Crippen molar-refractivity contribution in [3.05, 3.63) is 40.2 Å². The van der Waals surface area contributed by atoms with Gasteiger partial charge in [0.25, 0.3) is 5.56 Å². The number of H-pyrrole nitrogens is 1. The lowest BCUT2D eigenvalue weighted by atomic mass is 10.2. The van der Waals surface area contributed by atoms with Gasteiger partial charge in [-0.2, -0.15) is 5.10 Å². The van der Waals surface area contributed by atoms with Crippen molar-refractivity contribution in [1.82, 2.24) is 25.1 Å². The summed E-state index contributed by atoms with van der Waals surface area (Å²) in [6, 6.07) is 1.33. The third kappa shape index (κ3) is 3.91. The molecule has 0 fully saturated rings. The normalized spacial score (nSPS) is 12.0. The number of urea groups is 1. The van der Waals surface area contributed by atoms with Gasteiger partial charge in [-0.15, -0.1) is 0 Å². The largest absolute Gasteiger partial charge is 0.335 e. The van der Waals surface area contributed by atoms with Crippen LogP contribution in [0.1, 0.15) is 18.3 Å². The lowest BCUT2D eigenvalue weighted by Gasteiger charge is -2.13. The number of nitrogens with one attached hydrogen (secondary N) is 3. The molecule has 0 unspecified atom stereocenters. The lowest BCUT2D eigenvalue weighted by molar-refractivity contribution is 0.249. The number of carbonyl (C=O) groups is 1. The second-order valence-corrected chi connectivity index (χ2v) is 4.94. The maximum atomic E-state index is 11.8. The van der Waals surface area contributed by atoms with Gasteiger partial charge in [0.05, 0.1) is 5.69 Å². The van der Waals surface area contributed by atoms with Gasteiger partial charge in [-0.1, -0.05) is 0 Å². The Bertz CT molecular complexity index is 690. The summed E-state index contributed by atoms with van der Waals surface area (Å²) in [4.78, 5) is 27.4. The van der Waals surface area contributed by atoms with Crippen LogP contribution in [0, 0.1) is 6.92 Å². The molecule has 2 heterocycles. The molecule has 2 amide bonds. The molecule has 0 aliphatic carbocycles. The molecule has 0 saturated heterocycles. The van der Waals surface area contributed by atoms with E-state index in [0.717, 1.165) is 11.4 Å². The average molecular weight is 290 g/mol. The third-order valence-corrected chi connectivity index (χ3v) is 2.90. The molecule has 112 valence electrons. The van der Waals surface area contributed by atoms with E-state index in [9.17, 15) is 9.59 Å². The number of aryl methyl sites for hydroxylation is 2. The van der Waals surface area contributed by atoms with E-state index in [4.69, 9.17) is 0 Å². The molecule has 0 bridgehead atoms. The molecular weight excluding hydrogens is 272 g/mol. The first-order valence-electron chi connectivity index (χ1n) is 6.55. The summed E-state index contributed by atoms with van der Waals surface area (Å²) in [6.07, 6.45) is 3.57. The second-order valence-electron chi connectivity index (χ2n) is 4.94. The molecule has 0 aromatic carbocycles. The van der Waals surface area contributed by atoms with Gasteiger partial charge in [0.2, 0.25) is 5.82 Å². The summed E-state index contributed by atoms with van der Waals surface area (Å²) < 4.78 is 1.35. The number of anilines is 1. The Morgan fingerprint density at radius 3 is 2.95 bits per heavy atom. The van der Waals surface area contributed by atoms with Gasteiger partial charge in [0, 0.05) is 37.6 Å². The van der Waals surface area contributed by atoms with Crippen molar-refractivity contribution < 1.29 is 4.79 Å². The Hall–Kier alpha value is -2.64. The standard InChI is InChI=1S/C13H18N6O2/c1-8(6-10-7-9(2)17-18-10)15-13(21)16-11-12(20)19(3)5-4-14-11/h4-5,7-8H,6H2,1-3H3,(H,17,18)(H2,14,15,16,21)/t8-/m1/s1. The Kier molecular flexibility index (Phi) is 4.36. The molecule has 0 radical (unpaired) electrons. The van der Waals surface area contributed by atoms with E-state index in [1.807, 2.05) is 19.9 Å². The number of hydrogen-bond donors (Lipinski definition) is 3. The molecular formula is C13H18N6O2. The van der Waals surface area contributed by atoms with Crippen molar-refractivity contribution in [2.24, 2.45) is 7.05 Å². The minimum atomic E-state index is -0.467. The molecule has 0 saturated carbocycles. The SMILES string of the molecule is Cc1cc(C[C@@H](C)NC(=O)Nc2nccn(C)c2=O)n[nH]1. The summed E-state index contributed by atoms with van der Waals surface area (Å²) in [6.45, 7) is 3.78. The third-order valence-electron chi connectivity index (χ3n) is 2.90. The first-order valence-corrected chi connectivity index (χ1v) is 6.55. The van der Waals surface area contributed by atoms with Crippen molar-refractivity contribution in [2.45, 2.75) is 26.3 Å². The first-order chi connectivity index (χ1) is 9.95. The van der Waals surface area contributed by atoms with Gasteiger partial charge < -0.3 is 9.88 Å². The van der Waals surface area contributed by atoms with Gasteiger partial charge >= 0.3 is 6.03 Å². The molecule has 1 atom stereocenters. The molecule has 0 aliphatic rings. The van der Waals surface area contributed by atoms with Crippen LogP contribution < -0.4 is 16.2 Å². The van der Waals surface area contributed by atoms with Gasteiger partial charge in [-0.25, -0.2) is 9.78 Å². The van der Waals surface area contributed by atoms with Gasteiger partial charge in [0.1, 0.15) is 0 Å². The smallest absolute Gasteiger partial charge is 0.320 e. The molecule has 2 rings (SSSR count). The van der Waals surface area contributed by atoms with Crippen LogP contribution in [0.4, 0.5) is 10.6 Å². The second kappa shape index (κ2) is 6.21. The van der Waals surface area contributed by atoms with Crippen LogP contribution in [0.2, 0.25) is 0 Å². The maximum Gasteiger partial charge on any atom is 0.320 e. The number of aromatic amines is 1. The number of rotatable bonds is 4. The highest BCUT2D eigenvalue weighted by Crippen LogP contribution is 2.02. The van der Waals surface area contributed by atoms with E-state index in [-0.39, 0.29) is 17.4 Å². The Labute approximate surface area is 121 Å². The first kappa shape index (κ1) is 14.8. The van der Waals surface area contributed by atoms with Crippen molar-refractivity contribution in [2.75, 3.05) is 5.32 Å². The monoisotopic (exact) mass is 290 g/mol. The van der Waals surface area contributed by atoms with E-state index in [2.05, 4.69) is 25.8 Å². The summed E-state index contributed by atoms with van der Waals surface area (Å²) >= 11 is 0. The fourth-order valence-electron chi connectivity index (χ4n) is 1.89. The topological polar surface area (TPSA) is 105 Å². The highest BCUT2D eigenvalue weighted by atomic mass is 16.2. The van der Waals surface area contributed by atoms with Crippen LogP contribution in [0.25, 0.3) is 0 Å². The minimum Gasteiger partial charge on any atom is -0.335 e. The zero-order valence-corrected chi connectivity index (χ0v) is 12.2. The zero-order chi connectivity index (χ0) is 15.4. The summed E-state index contributed by atoms with van der Waals surface area (Å²) in [7, 11) is 1.59. The van der Waals surface area contributed by atoms with Crippen molar-refractivity contribution in [3.63, 3.8) is 0 Å². The average Bonchev–Trinajstić information content (AvgIpc) is 2.80. The fraction of sp³-hybridized carbons (Fsp3) is 0.385. The Balaban J connectivity index is 1.92. The van der Waals surface area contributed by atoms with E-state index in [0.29, 0.717) is 6.42 Å². The molecule has 21 heavy (non-hydrogen) atoms. The zero-order valence-electron chi connectivity index (χ0n) is 12.2. The number of hydrogen-bond acceptors (Lipinski definition) is 4. The van der Waals surface area contributed by atoms with Crippen LogP contribution >= 0.6 is 0 Å². The van der Waals surface area contributed by atoms with Crippen LogP contribution in [0.3, 0.4) is 0 Å². The van der Waals surface area contributed by atoms with E-state index < -0.39 is 6.03 Å². The summed E-state index contributed by atoms with van der Waals surface area (Å²) in [5.41, 5.74) is 1.48. The number of nitrogens with zero attached hydrogens (tertiary/aromatic N) is 3. The van der Waals surface area contributed by atoms with E-state index in [1.165, 1.54) is 17.0 Å². The lowest BCUT2D eigenvalue weighted by Crippen LogP contribution is -2.39. The summed E-state index contributed by atoms with van der Waals surface area (Å²) in [5, 5.41) is 12.1. The van der Waals surface area contributed by atoms with Gasteiger partial charge in [0.15, 0.2) is 0 Å². The van der Waals surface area contributed by atoms with Gasteiger partial charge in [-0.05, 0) is 19.9 Å². The van der Waals surface area contributed by atoms with Crippen molar-refractivity contribution in [3.8, 4) is 0 Å². The Morgan fingerprint density at radius 2 is 2.29 bits per heavy atom. The van der Waals surface area contributed by atoms with Crippen LogP contribution in [0.5, 0.6) is 0 Å². The molecule has 8 nitrogen and oxygen atoms in total. The van der Waals surface area contributed by atoms with Crippen LogP contribution in [-0.4, -0.2) is 31.8 Å².